The molecule has 140 valence electrons. The molecule has 0 aliphatic heterocycles. The highest BCUT2D eigenvalue weighted by atomic mass is 35.5. The fraction of sp³-hybridized carbons (Fsp3) is 0.133. The van der Waals surface area contributed by atoms with Crippen LogP contribution in [0.15, 0.2) is 30.7 Å². The van der Waals surface area contributed by atoms with Gasteiger partial charge in [-0.3, -0.25) is 10.1 Å². The van der Waals surface area contributed by atoms with Crippen molar-refractivity contribution >= 4 is 35.1 Å². The van der Waals surface area contributed by atoms with E-state index in [4.69, 9.17) is 23.2 Å². The number of pyridine rings is 2. The van der Waals surface area contributed by atoms with Gasteiger partial charge in [0.05, 0.1) is 10.6 Å². The second kappa shape index (κ2) is 7.12. The highest BCUT2D eigenvalue weighted by Crippen LogP contribution is 2.29. The Morgan fingerprint density at radius 2 is 1.96 bits per heavy atom. The number of aryl methyl sites for hydroxylation is 1. The fourth-order valence-electron chi connectivity index (χ4n) is 2.05. The molecular formula is C15H9Cl2F3N6O. The first kappa shape index (κ1) is 19.1. The van der Waals surface area contributed by atoms with Crippen LogP contribution in [-0.4, -0.2) is 30.6 Å². The lowest BCUT2D eigenvalue weighted by molar-refractivity contribution is -0.141. The van der Waals surface area contributed by atoms with Gasteiger partial charge in [-0.2, -0.15) is 22.8 Å². The third kappa shape index (κ3) is 4.17. The fourth-order valence-corrected chi connectivity index (χ4v) is 2.60. The molecule has 3 aromatic heterocycles. The number of aromatic nitrogens is 5. The Kier molecular flexibility index (Phi) is 5.03. The second-order valence-corrected chi connectivity index (χ2v) is 6.08. The second-order valence-electron chi connectivity index (χ2n) is 5.32. The van der Waals surface area contributed by atoms with Crippen LogP contribution < -0.4 is 5.32 Å². The number of carbonyl (C=O) groups excluding carboxylic acids is 1. The summed E-state index contributed by atoms with van der Waals surface area (Å²) in [6, 6.07) is 3.25. The van der Waals surface area contributed by atoms with Gasteiger partial charge in [-0.1, -0.05) is 23.2 Å². The Hall–Kier alpha value is -2.72. The van der Waals surface area contributed by atoms with Gasteiger partial charge in [0.1, 0.15) is 17.2 Å². The average Bonchev–Trinajstić information content (AvgIpc) is 3.01. The predicted molar refractivity (Wildman–Crippen MR) is 91.1 cm³/mol. The quantitative estimate of drug-likeness (QED) is 0.653. The van der Waals surface area contributed by atoms with Crippen molar-refractivity contribution in [1.82, 2.24) is 24.7 Å². The Morgan fingerprint density at radius 3 is 2.59 bits per heavy atom. The zero-order valence-corrected chi connectivity index (χ0v) is 14.9. The van der Waals surface area contributed by atoms with Crippen LogP contribution in [-0.2, 0) is 6.18 Å². The van der Waals surface area contributed by atoms with Gasteiger partial charge in [-0.05, 0) is 30.7 Å². The van der Waals surface area contributed by atoms with E-state index in [9.17, 15) is 18.0 Å². The molecule has 3 aromatic rings. The zero-order chi connectivity index (χ0) is 19.8. The molecular weight excluding hydrogens is 408 g/mol. The molecule has 1 amide bonds. The van der Waals surface area contributed by atoms with Gasteiger partial charge < -0.3 is 0 Å². The van der Waals surface area contributed by atoms with E-state index in [2.05, 4.69) is 25.4 Å². The molecule has 12 heteroatoms. The summed E-state index contributed by atoms with van der Waals surface area (Å²) < 4.78 is 39.1. The third-order valence-electron chi connectivity index (χ3n) is 3.28. The number of carbonyl (C=O) groups is 1. The minimum atomic E-state index is -4.67. The molecule has 0 unspecified atom stereocenters. The monoisotopic (exact) mass is 416 g/mol. The molecule has 3 heterocycles. The van der Waals surface area contributed by atoms with Crippen molar-refractivity contribution in [3.63, 3.8) is 0 Å². The van der Waals surface area contributed by atoms with Crippen molar-refractivity contribution in [1.29, 1.82) is 0 Å². The number of nitrogens with one attached hydrogen (secondary N) is 1. The molecule has 0 aliphatic rings. The van der Waals surface area contributed by atoms with Crippen molar-refractivity contribution in [2.45, 2.75) is 13.1 Å². The van der Waals surface area contributed by atoms with Crippen LogP contribution >= 0.6 is 23.2 Å². The van der Waals surface area contributed by atoms with E-state index >= 15 is 0 Å². The van der Waals surface area contributed by atoms with Crippen LogP contribution in [0.1, 0.15) is 21.6 Å². The summed E-state index contributed by atoms with van der Waals surface area (Å²) in [5.41, 5.74) is -0.610. The van der Waals surface area contributed by atoms with Gasteiger partial charge in [0.2, 0.25) is 5.95 Å². The molecule has 0 aromatic carbocycles. The van der Waals surface area contributed by atoms with Crippen molar-refractivity contribution < 1.29 is 18.0 Å². The summed E-state index contributed by atoms with van der Waals surface area (Å²) in [7, 11) is 0. The van der Waals surface area contributed by atoms with Crippen LogP contribution in [0.5, 0.6) is 0 Å². The van der Waals surface area contributed by atoms with E-state index in [1.165, 1.54) is 11.0 Å². The Morgan fingerprint density at radius 1 is 1.22 bits per heavy atom. The Labute approximate surface area is 160 Å². The van der Waals surface area contributed by atoms with E-state index in [1.54, 1.807) is 12.3 Å². The molecule has 0 bridgehead atoms. The minimum absolute atomic E-state index is 0.116. The predicted octanol–water partition coefficient (Wildman–Crippen LogP) is 3.94. The van der Waals surface area contributed by atoms with E-state index in [0.29, 0.717) is 16.9 Å². The van der Waals surface area contributed by atoms with Crippen LogP contribution in [0.25, 0.3) is 5.82 Å². The van der Waals surface area contributed by atoms with Gasteiger partial charge in [-0.15, -0.1) is 5.10 Å². The molecule has 7 nitrogen and oxygen atoms in total. The molecule has 0 spiro atoms. The van der Waals surface area contributed by atoms with Crippen molar-refractivity contribution in [2.75, 3.05) is 5.32 Å². The highest BCUT2D eigenvalue weighted by molar-refractivity contribution is 6.33. The molecule has 0 fully saturated rings. The third-order valence-corrected chi connectivity index (χ3v) is 3.84. The molecule has 27 heavy (non-hydrogen) atoms. The smallest absolute Gasteiger partial charge is 0.289 e. The molecule has 0 radical (unpaired) electrons. The summed E-state index contributed by atoms with van der Waals surface area (Å²) in [6.07, 6.45) is -1.82. The van der Waals surface area contributed by atoms with Gasteiger partial charge in [0.25, 0.3) is 5.91 Å². The molecule has 0 atom stereocenters. The maximum Gasteiger partial charge on any atom is 0.433 e. The van der Waals surface area contributed by atoms with E-state index < -0.39 is 22.9 Å². The lowest BCUT2D eigenvalue weighted by Crippen LogP contribution is -2.16. The lowest BCUT2D eigenvalue weighted by atomic mass is 10.2. The van der Waals surface area contributed by atoms with Crippen LogP contribution in [0.4, 0.5) is 19.1 Å². The summed E-state index contributed by atoms with van der Waals surface area (Å²) in [6.45, 7) is 1.82. The number of halogens is 5. The first-order chi connectivity index (χ1) is 12.6. The van der Waals surface area contributed by atoms with E-state index in [0.717, 1.165) is 11.6 Å². The molecule has 0 saturated heterocycles. The summed E-state index contributed by atoms with van der Waals surface area (Å²) in [5, 5.41) is 6.06. The van der Waals surface area contributed by atoms with Gasteiger partial charge >= 0.3 is 6.18 Å². The normalized spacial score (nSPS) is 11.5. The highest BCUT2D eigenvalue weighted by Gasteiger charge is 2.33. The SMILES string of the molecule is Cc1cnc(-n2cnc(NC(=O)c3ccc(C(F)(F)F)nc3Cl)n2)c(Cl)c1. The summed E-state index contributed by atoms with van der Waals surface area (Å²) in [5.74, 6) is -0.638. The van der Waals surface area contributed by atoms with Gasteiger partial charge in [-0.25, -0.2) is 9.97 Å². The maximum atomic E-state index is 12.6. The number of anilines is 1. The summed E-state index contributed by atoms with van der Waals surface area (Å²) in [4.78, 5) is 23.4. The number of hydrogen-bond donors (Lipinski definition) is 1. The van der Waals surface area contributed by atoms with Crippen LogP contribution in [0.2, 0.25) is 10.2 Å². The van der Waals surface area contributed by atoms with E-state index in [1.807, 2.05) is 6.92 Å². The van der Waals surface area contributed by atoms with Gasteiger partial charge in [0, 0.05) is 6.20 Å². The average molecular weight is 417 g/mol. The molecule has 0 saturated carbocycles. The number of amides is 1. The number of alkyl halides is 3. The summed E-state index contributed by atoms with van der Waals surface area (Å²) >= 11 is 11.8. The lowest BCUT2D eigenvalue weighted by Gasteiger charge is -2.08. The van der Waals surface area contributed by atoms with Gasteiger partial charge in [0.15, 0.2) is 5.82 Å². The van der Waals surface area contributed by atoms with Crippen molar-refractivity contribution in [3.8, 4) is 5.82 Å². The largest absolute Gasteiger partial charge is 0.433 e. The van der Waals surface area contributed by atoms with Crippen molar-refractivity contribution in [3.05, 3.63) is 57.7 Å². The first-order valence-corrected chi connectivity index (χ1v) is 8.00. The number of hydrogen-bond acceptors (Lipinski definition) is 5. The van der Waals surface area contributed by atoms with Crippen LogP contribution in [0, 0.1) is 6.92 Å². The standard InChI is InChI=1S/C15H9Cl2F3N6O/c1-7-4-9(16)12(21-5-7)26-6-22-14(25-26)24-13(27)8-2-3-10(15(18,19)20)23-11(8)17/h2-6H,1H3,(H,24,25,27). The Bertz CT molecular complexity index is 1020. The maximum absolute atomic E-state index is 12.6. The minimum Gasteiger partial charge on any atom is -0.289 e. The number of nitrogens with zero attached hydrogens (tertiary/aromatic N) is 5. The molecule has 0 aliphatic carbocycles. The molecule has 1 N–H and O–H groups in total. The number of rotatable bonds is 3. The Balaban J connectivity index is 1.80. The molecule has 3 rings (SSSR count). The zero-order valence-electron chi connectivity index (χ0n) is 13.4. The van der Waals surface area contributed by atoms with E-state index in [-0.39, 0.29) is 11.5 Å². The van der Waals surface area contributed by atoms with Crippen LogP contribution in [0.3, 0.4) is 0 Å². The van der Waals surface area contributed by atoms with Crippen molar-refractivity contribution in [2.24, 2.45) is 0 Å². The first-order valence-electron chi connectivity index (χ1n) is 7.24. The topological polar surface area (TPSA) is 85.6 Å².